The summed E-state index contributed by atoms with van der Waals surface area (Å²) in [6.07, 6.45) is 5.99. The molecule has 1 aromatic heterocycles. The SMILES string of the molecule is CC(C)CN1C(=O)/C(=C/c2cn(CC(=O)NC3CC3)c3ccccc23)SC1=S. The molecule has 0 bridgehead atoms. The number of carbonyl (C=O) groups is 2. The predicted octanol–water partition coefficient (Wildman–Crippen LogP) is 3.78. The summed E-state index contributed by atoms with van der Waals surface area (Å²) in [6, 6.07) is 8.30. The summed E-state index contributed by atoms with van der Waals surface area (Å²) in [6.45, 7) is 5.05. The maximum absolute atomic E-state index is 12.8. The van der Waals surface area contributed by atoms with Gasteiger partial charge >= 0.3 is 0 Å². The number of fused-ring (bicyclic) bond motifs is 1. The lowest BCUT2D eigenvalue weighted by Gasteiger charge is -2.16. The highest BCUT2D eigenvalue weighted by molar-refractivity contribution is 8.26. The fraction of sp³-hybridized carbons (Fsp3) is 0.381. The van der Waals surface area contributed by atoms with Gasteiger partial charge in [-0.15, -0.1) is 0 Å². The van der Waals surface area contributed by atoms with Gasteiger partial charge in [-0.1, -0.05) is 56.0 Å². The van der Waals surface area contributed by atoms with E-state index in [9.17, 15) is 9.59 Å². The molecule has 2 amide bonds. The van der Waals surface area contributed by atoms with Crippen molar-refractivity contribution in [3.8, 4) is 0 Å². The Kier molecular flexibility index (Phi) is 5.29. The van der Waals surface area contributed by atoms with E-state index in [1.54, 1.807) is 4.90 Å². The van der Waals surface area contributed by atoms with E-state index in [0.29, 0.717) is 27.7 Å². The fourth-order valence-electron chi connectivity index (χ4n) is 3.34. The minimum atomic E-state index is -0.0352. The topological polar surface area (TPSA) is 54.3 Å². The Labute approximate surface area is 174 Å². The largest absolute Gasteiger partial charge is 0.352 e. The first kappa shape index (κ1) is 19.2. The lowest BCUT2D eigenvalue weighted by Crippen LogP contribution is -2.31. The molecule has 4 rings (SSSR count). The van der Waals surface area contributed by atoms with Crippen LogP contribution in [-0.4, -0.2) is 38.2 Å². The number of thioether (sulfide) groups is 1. The van der Waals surface area contributed by atoms with Crippen molar-refractivity contribution in [2.24, 2.45) is 5.92 Å². The third kappa shape index (κ3) is 4.00. The second-order valence-corrected chi connectivity index (χ2v) is 9.43. The van der Waals surface area contributed by atoms with Crippen LogP contribution in [0.5, 0.6) is 0 Å². The number of rotatable bonds is 6. The summed E-state index contributed by atoms with van der Waals surface area (Å²) in [5.41, 5.74) is 1.91. The standard InChI is InChI=1S/C21H23N3O2S2/c1-13(2)10-24-20(26)18(28-21(24)27)9-14-11-23(12-19(25)22-15-7-8-15)17-6-4-3-5-16(14)17/h3-6,9,11,13,15H,7-8,10,12H2,1-2H3,(H,22,25)/b18-9-. The van der Waals surface area contributed by atoms with Gasteiger partial charge in [-0.25, -0.2) is 0 Å². The smallest absolute Gasteiger partial charge is 0.266 e. The van der Waals surface area contributed by atoms with Crippen LogP contribution >= 0.6 is 24.0 Å². The van der Waals surface area contributed by atoms with E-state index in [-0.39, 0.29) is 18.4 Å². The summed E-state index contributed by atoms with van der Waals surface area (Å²) >= 11 is 6.75. The van der Waals surface area contributed by atoms with E-state index in [4.69, 9.17) is 12.2 Å². The summed E-state index contributed by atoms with van der Waals surface area (Å²) in [5, 5.41) is 4.05. The van der Waals surface area contributed by atoms with Crippen LogP contribution in [0.25, 0.3) is 17.0 Å². The van der Waals surface area contributed by atoms with Gasteiger partial charge in [-0.05, 0) is 30.9 Å². The highest BCUT2D eigenvalue weighted by atomic mass is 32.2. The van der Waals surface area contributed by atoms with Crippen molar-refractivity contribution in [1.82, 2.24) is 14.8 Å². The first-order chi connectivity index (χ1) is 13.4. The average molecular weight is 414 g/mol. The molecule has 2 heterocycles. The van der Waals surface area contributed by atoms with E-state index in [1.807, 2.05) is 41.1 Å². The van der Waals surface area contributed by atoms with Gasteiger partial charge in [0.2, 0.25) is 5.91 Å². The number of para-hydroxylation sites is 1. The third-order valence-electron chi connectivity index (χ3n) is 4.78. The Bertz CT molecular complexity index is 989. The van der Waals surface area contributed by atoms with Crippen molar-refractivity contribution in [3.05, 3.63) is 40.9 Å². The van der Waals surface area contributed by atoms with Crippen LogP contribution in [0, 0.1) is 5.92 Å². The number of hydrogen-bond donors (Lipinski definition) is 1. The predicted molar refractivity (Wildman–Crippen MR) is 118 cm³/mol. The van der Waals surface area contributed by atoms with Crippen LogP contribution in [0.1, 0.15) is 32.3 Å². The monoisotopic (exact) mass is 413 g/mol. The quantitative estimate of drug-likeness (QED) is 0.578. The number of nitrogens with zero attached hydrogens (tertiary/aromatic N) is 2. The summed E-state index contributed by atoms with van der Waals surface area (Å²) in [5.74, 6) is 0.346. The molecule has 7 heteroatoms. The fourth-order valence-corrected chi connectivity index (χ4v) is 4.61. The van der Waals surface area contributed by atoms with E-state index < -0.39 is 0 Å². The maximum atomic E-state index is 12.8. The Morgan fingerprint density at radius 1 is 1.36 bits per heavy atom. The summed E-state index contributed by atoms with van der Waals surface area (Å²) < 4.78 is 2.56. The molecule has 5 nitrogen and oxygen atoms in total. The molecule has 2 fully saturated rings. The van der Waals surface area contributed by atoms with E-state index in [1.165, 1.54) is 11.8 Å². The molecule has 0 unspecified atom stereocenters. The molecule has 1 saturated carbocycles. The molecule has 0 atom stereocenters. The molecule has 0 spiro atoms. The highest BCUT2D eigenvalue weighted by Gasteiger charge is 2.32. The second kappa shape index (κ2) is 7.72. The molecular formula is C21H23N3O2S2. The Hall–Kier alpha value is -2.12. The number of hydrogen-bond acceptors (Lipinski definition) is 4. The van der Waals surface area contributed by atoms with Crippen molar-refractivity contribution >= 4 is 57.1 Å². The van der Waals surface area contributed by atoms with Gasteiger partial charge in [0.15, 0.2) is 0 Å². The number of thiocarbonyl (C=S) groups is 1. The molecular weight excluding hydrogens is 390 g/mol. The van der Waals surface area contributed by atoms with Crippen molar-refractivity contribution in [3.63, 3.8) is 0 Å². The number of aromatic nitrogens is 1. The van der Waals surface area contributed by atoms with E-state index in [0.717, 1.165) is 29.3 Å². The zero-order valence-corrected chi connectivity index (χ0v) is 17.6. The minimum absolute atomic E-state index is 0.0260. The number of benzene rings is 1. The molecule has 1 aliphatic heterocycles. The number of carbonyl (C=O) groups excluding carboxylic acids is 2. The zero-order valence-electron chi connectivity index (χ0n) is 16.0. The normalized spacial score (nSPS) is 18.7. The Morgan fingerprint density at radius 2 is 2.11 bits per heavy atom. The van der Waals surface area contributed by atoms with E-state index in [2.05, 4.69) is 19.2 Å². The second-order valence-electron chi connectivity index (χ2n) is 7.76. The molecule has 2 aromatic rings. The maximum Gasteiger partial charge on any atom is 0.266 e. The molecule has 1 N–H and O–H groups in total. The van der Waals surface area contributed by atoms with Crippen LogP contribution in [0.4, 0.5) is 0 Å². The van der Waals surface area contributed by atoms with Crippen molar-refractivity contribution in [1.29, 1.82) is 0 Å². The highest BCUT2D eigenvalue weighted by Crippen LogP contribution is 2.34. The van der Waals surface area contributed by atoms with Crippen molar-refractivity contribution in [2.45, 2.75) is 39.3 Å². The summed E-state index contributed by atoms with van der Waals surface area (Å²) in [4.78, 5) is 27.4. The molecule has 2 aliphatic rings. The van der Waals surface area contributed by atoms with Crippen molar-refractivity contribution in [2.75, 3.05) is 6.54 Å². The molecule has 146 valence electrons. The third-order valence-corrected chi connectivity index (χ3v) is 6.16. The van der Waals surface area contributed by atoms with Gasteiger partial charge < -0.3 is 9.88 Å². The van der Waals surface area contributed by atoms with Crippen LogP contribution in [0.2, 0.25) is 0 Å². The zero-order chi connectivity index (χ0) is 19.8. The molecule has 1 aromatic carbocycles. The van der Waals surface area contributed by atoms with Crippen molar-refractivity contribution < 1.29 is 9.59 Å². The van der Waals surface area contributed by atoms with Gasteiger partial charge in [-0.2, -0.15) is 0 Å². The van der Waals surface area contributed by atoms with Gasteiger partial charge in [0, 0.05) is 35.2 Å². The first-order valence-electron chi connectivity index (χ1n) is 9.55. The Morgan fingerprint density at radius 3 is 2.82 bits per heavy atom. The number of amides is 2. The van der Waals surface area contributed by atoms with E-state index >= 15 is 0 Å². The lowest BCUT2D eigenvalue weighted by atomic mass is 10.1. The van der Waals surface area contributed by atoms with Crippen LogP contribution in [0.15, 0.2) is 35.4 Å². The average Bonchev–Trinajstić information content (AvgIpc) is 3.35. The number of nitrogens with one attached hydrogen (secondary N) is 1. The van der Waals surface area contributed by atoms with Crippen LogP contribution < -0.4 is 5.32 Å². The minimum Gasteiger partial charge on any atom is -0.352 e. The summed E-state index contributed by atoms with van der Waals surface area (Å²) in [7, 11) is 0. The molecule has 0 radical (unpaired) electrons. The van der Waals surface area contributed by atoms with Gasteiger partial charge in [-0.3, -0.25) is 14.5 Å². The molecule has 1 saturated heterocycles. The molecule has 1 aliphatic carbocycles. The molecule has 28 heavy (non-hydrogen) atoms. The van der Waals surface area contributed by atoms with Gasteiger partial charge in [0.1, 0.15) is 10.9 Å². The van der Waals surface area contributed by atoms with Gasteiger partial charge in [0.05, 0.1) is 4.91 Å². The Balaban J connectivity index is 1.63. The van der Waals surface area contributed by atoms with Crippen LogP contribution in [0.3, 0.4) is 0 Å². The van der Waals surface area contributed by atoms with Gasteiger partial charge in [0.25, 0.3) is 5.91 Å². The lowest BCUT2D eigenvalue weighted by molar-refractivity contribution is -0.123. The van der Waals surface area contributed by atoms with Crippen LogP contribution in [-0.2, 0) is 16.1 Å². The first-order valence-corrected chi connectivity index (χ1v) is 10.8.